The van der Waals surface area contributed by atoms with Gasteiger partial charge in [-0.2, -0.15) is 0 Å². The van der Waals surface area contributed by atoms with E-state index in [1.54, 1.807) is 0 Å². The average Bonchev–Trinajstić information content (AvgIpc) is 2.73. The van der Waals surface area contributed by atoms with Gasteiger partial charge in [0.2, 0.25) is 0 Å². The molecule has 0 saturated heterocycles. The van der Waals surface area contributed by atoms with Crippen LogP contribution in [0.4, 0.5) is 0 Å². The zero-order chi connectivity index (χ0) is 11.7. The SMILES string of the molecule is Brc1ccc2c(ccn2Cc2ccccn2)c1. The lowest BCUT2D eigenvalue weighted by atomic mass is 10.2. The van der Waals surface area contributed by atoms with E-state index in [0.717, 1.165) is 16.7 Å². The molecule has 2 aromatic heterocycles. The van der Waals surface area contributed by atoms with Gasteiger partial charge >= 0.3 is 0 Å². The predicted molar refractivity (Wildman–Crippen MR) is 73.0 cm³/mol. The smallest absolute Gasteiger partial charge is 0.0648 e. The summed E-state index contributed by atoms with van der Waals surface area (Å²) in [5, 5.41) is 1.25. The molecule has 84 valence electrons. The van der Waals surface area contributed by atoms with Crippen LogP contribution in [0, 0.1) is 0 Å². The van der Waals surface area contributed by atoms with E-state index in [2.05, 4.69) is 55.9 Å². The second-order valence-electron chi connectivity index (χ2n) is 3.97. The second kappa shape index (κ2) is 4.34. The quantitative estimate of drug-likeness (QED) is 0.700. The van der Waals surface area contributed by atoms with Gasteiger partial charge in [-0.3, -0.25) is 4.98 Å². The van der Waals surface area contributed by atoms with E-state index in [0.29, 0.717) is 0 Å². The van der Waals surface area contributed by atoms with E-state index in [4.69, 9.17) is 0 Å². The van der Waals surface area contributed by atoms with Gasteiger partial charge in [0.25, 0.3) is 0 Å². The molecule has 0 aliphatic heterocycles. The Labute approximate surface area is 108 Å². The van der Waals surface area contributed by atoms with E-state index >= 15 is 0 Å². The first-order chi connectivity index (χ1) is 8.33. The van der Waals surface area contributed by atoms with Crippen molar-refractivity contribution in [1.29, 1.82) is 0 Å². The molecule has 2 heterocycles. The van der Waals surface area contributed by atoms with Gasteiger partial charge in [-0.05, 0) is 36.4 Å². The largest absolute Gasteiger partial charge is 0.341 e. The molecule has 0 unspecified atom stereocenters. The van der Waals surface area contributed by atoms with Gasteiger partial charge < -0.3 is 4.57 Å². The van der Waals surface area contributed by atoms with Crippen LogP contribution in [0.1, 0.15) is 5.69 Å². The highest BCUT2D eigenvalue weighted by Crippen LogP contribution is 2.21. The molecule has 0 fully saturated rings. The molecular weight excluding hydrogens is 276 g/mol. The van der Waals surface area contributed by atoms with Gasteiger partial charge in [0.05, 0.1) is 12.2 Å². The molecule has 3 aromatic rings. The first kappa shape index (κ1) is 10.5. The van der Waals surface area contributed by atoms with Gasteiger partial charge in [-0.1, -0.05) is 22.0 Å². The van der Waals surface area contributed by atoms with Crippen molar-refractivity contribution in [2.45, 2.75) is 6.54 Å². The maximum Gasteiger partial charge on any atom is 0.0648 e. The van der Waals surface area contributed by atoms with Crippen molar-refractivity contribution >= 4 is 26.8 Å². The minimum absolute atomic E-state index is 0.811. The summed E-state index contributed by atoms with van der Waals surface area (Å²) in [5.74, 6) is 0. The number of halogens is 1. The molecule has 0 amide bonds. The monoisotopic (exact) mass is 286 g/mol. The predicted octanol–water partition coefficient (Wildman–Crippen LogP) is 3.85. The lowest BCUT2D eigenvalue weighted by molar-refractivity contribution is 0.807. The Hall–Kier alpha value is -1.61. The van der Waals surface area contributed by atoms with E-state index < -0.39 is 0 Å². The summed E-state index contributed by atoms with van der Waals surface area (Å²) in [4.78, 5) is 4.35. The fourth-order valence-corrected chi connectivity index (χ4v) is 2.35. The maximum atomic E-state index is 4.35. The van der Waals surface area contributed by atoms with Crippen LogP contribution in [-0.4, -0.2) is 9.55 Å². The third kappa shape index (κ3) is 2.11. The van der Waals surface area contributed by atoms with Crippen molar-refractivity contribution in [3.63, 3.8) is 0 Å². The van der Waals surface area contributed by atoms with Crippen LogP contribution in [-0.2, 0) is 6.54 Å². The molecule has 0 atom stereocenters. The topological polar surface area (TPSA) is 17.8 Å². The van der Waals surface area contributed by atoms with Gasteiger partial charge in [-0.15, -0.1) is 0 Å². The number of hydrogen-bond donors (Lipinski definition) is 0. The minimum Gasteiger partial charge on any atom is -0.341 e. The zero-order valence-corrected chi connectivity index (χ0v) is 10.8. The maximum absolute atomic E-state index is 4.35. The molecular formula is C14H11BrN2. The second-order valence-corrected chi connectivity index (χ2v) is 4.88. The molecule has 0 bridgehead atoms. The molecule has 0 aliphatic carbocycles. The first-order valence-corrected chi connectivity index (χ1v) is 6.26. The lowest BCUT2D eigenvalue weighted by Crippen LogP contribution is -1.99. The number of pyridine rings is 1. The minimum atomic E-state index is 0.811. The summed E-state index contributed by atoms with van der Waals surface area (Å²) >= 11 is 3.49. The number of hydrogen-bond acceptors (Lipinski definition) is 1. The molecule has 0 radical (unpaired) electrons. The molecule has 3 rings (SSSR count). The lowest BCUT2D eigenvalue weighted by Gasteiger charge is -2.04. The molecule has 2 nitrogen and oxygen atoms in total. The number of fused-ring (bicyclic) bond motifs is 1. The fraction of sp³-hybridized carbons (Fsp3) is 0.0714. The molecule has 3 heteroatoms. The summed E-state index contributed by atoms with van der Waals surface area (Å²) in [6.07, 6.45) is 3.93. The zero-order valence-electron chi connectivity index (χ0n) is 9.18. The van der Waals surface area contributed by atoms with Crippen LogP contribution in [0.15, 0.2) is 59.3 Å². The van der Waals surface area contributed by atoms with E-state index in [1.807, 2.05) is 24.4 Å². The number of nitrogens with zero attached hydrogens (tertiary/aromatic N) is 2. The van der Waals surface area contributed by atoms with Gasteiger partial charge in [0.1, 0.15) is 0 Å². The van der Waals surface area contributed by atoms with Crippen LogP contribution in [0.2, 0.25) is 0 Å². The van der Waals surface area contributed by atoms with Crippen molar-refractivity contribution in [1.82, 2.24) is 9.55 Å². The van der Waals surface area contributed by atoms with Crippen molar-refractivity contribution < 1.29 is 0 Å². The number of rotatable bonds is 2. The van der Waals surface area contributed by atoms with Crippen LogP contribution in [0.5, 0.6) is 0 Å². The molecule has 0 aliphatic rings. The van der Waals surface area contributed by atoms with Crippen molar-refractivity contribution in [3.05, 3.63) is 65.0 Å². The Morgan fingerprint density at radius 1 is 1.12 bits per heavy atom. The molecule has 0 saturated carbocycles. The van der Waals surface area contributed by atoms with Crippen LogP contribution in [0.3, 0.4) is 0 Å². The molecule has 1 aromatic carbocycles. The standard InChI is InChI=1S/C14H11BrN2/c15-12-4-5-14-11(9-12)6-8-17(14)10-13-3-1-2-7-16-13/h1-9H,10H2. The number of benzene rings is 1. The fourth-order valence-electron chi connectivity index (χ4n) is 1.98. The van der Waals surface area contributed by atoms with Crippen LogP contribution < -0.4 is 0 Å². The summed E-state index contributed by atoms with van der Waals surface area (Å²) in [6, 6.07) is 14.5. The molecule has 17 heavy (non-hydrogen) atoms. The van der Waals surface area contributed by atoms with Crippen LogP contribution in [0.25, 0.3) is 10.9 Å². The van der Waals surface area contributed by atoms with Crippen molar-refractivity contribution in [2.24, 2.45) is 0 Å². The van der Waals surface area contributed by atoms with E-state index in [1.165, 1.54) is 10.9 Å². The Morgan fingerprint density at radius 3 is 2.88 bits per heavy atom. The van der Waals surface area contributed by atoms with Gasteiger partial charge in [0.15, 0.2) is 0 Å². The summed E-state index contributed by atoms with van der Waals surface area (Å²) in [5.41, 5.74) is 2.31. The highest BCUT2D eigenvalue weighted by atomic mass is 79.9. The van der Waals surface area contributed by atoms with Gasteiger partial charge in [0, 0.05) is 27.8 Å². The summed E-state index contributed by atoms with van der Waals surface area (Å²) in [6.45, 7) is 0.811. The van der Waals surface area contributed by atoms with E-state index in [-0.39, 0.29) is 0 Å². The highest BCUT2D eigenvalue weighted by Gasteiger charge is 2.02. The average molecular weight is 287 g/mol. The third-order valence-corrected chi connectivity index (χ3v) is 3.28. The molecule has 0 N–H and O–H groups in total. The Balaban J connectivity index is 2.01. The van der Waals surface area contributed by atoms with E-state index in [9.17, 15) is 0 Å². The highest BCUT2D eigenvalue weighted by molar-refractivity contribution is 9.10. The van der Waals surface area contributed by atoms with Crippen molar-refractivity contribution in [3.8, 4) is 0 Å². The number of aromatic nitrogens is 2. The normalized spacial score (nSPS) is 10.9. The van der Waals surface area contributed by atoms with Gasteiger partial charge in [-0.25, -0.2) is 0 Å². The Kier molecular flexibility index (Phi) is 2.69. The van der Waals surface area contributed by atoms with Crippen molar-refractivity contribution in [2.75, 3.05) is 0 Å². The Morgan fingerprint density at radius 2 is 2.06 bits per heavy atom. The summed E-state index contributed by atoms with van der Waals surface area (Å²) < 4.78 is 3.32. The Bertz CT molecular complexity index is 644. The molecule has 0 spiro atoms. The van der Waals surface area contributed by atoms with Crippen LogP contribution >= 0.6 is 15.9 Å². The summed E-state index contributed by atoms with van der Waals surface area (Å²) in [7, 11) is 0. The third-order valence-electron chi connectivity index (χ3n) is 2.79. The first-order valence-electron chi connectivity index (χ1n) is 5.47.